The summed E-state index contributed by atoms with van der Waals surface area (Å²) in [5.41, 5.74) is 5.27. The van der Waals surface area contributed by atoms with Crippen LogP contribution in [0.25, 0.3) is 0 Å². The molecular formula is C18H19BrO. The van der Waals surface area contributed by atoms with Gasteiger partial charge in [-0.25, -0.2) is 0 Å². The van der Waals surface area contributed by atoms with E-state index in [0.29, 0.717) is 0 Å². The van der Waals surface area contributed by atoms with E-state index in [1.807, 2.05) is 0 Å². The molecule has 1 heterocycles. The summed E-state index contributed by atoms with van der Waals surface area (Å²) in [5, 5.41) is 0. The van der Waals surface area contributed by atoms with Crippen molar-refractivity contribution < 1.29 is 4.74 Å². The van der Waals surface area contributed by atoms with Crippen LogP contribution in [0.5, 0.6) is 5.75 Å². The minimum Gasteiger partial charge on any atom is -0.492 e. The predicted molar refractivity (Wildman–Crippen MR) is 86.9 cm³/mol. The molecule has 2 aromatic rings. The molecule has 1 unspecified atom stereocenters. The van der Waals surface area contributed by atoms with Crippen molar-refractivity contribution in [3.8, 4) is 5.75 Å². The van der Waals surface area contributed by atoms with Crippen LogP contribution in [0.3, 0.4) is 0 Å². The van der Waals surface area contributed by atoms with Gasteiger partial charge in [0.15, 0.2) is 0 Å². The Labute approximate surface area is 129 Å². The molecule has 0 fully saturated rings. The lowest BCUT2D eigenvalue weighted by Gasteiger charge is -2.17. The zero-order valence-electron chi connectivity index (χ0n) is 12.1. The number of fused-ring (bicyclic) bond motifs is 1. The van der Waals surface area contributed by atoms with Crippen LogP contribution in [0.2, 0.25) is 0 Å². The van der Waals surface area contributed by atoms with Gasteiger partial charge in [-0.3, -0.25) is 0 Å². The second kappa shape index (κ2) is 4.92. The van der Waals surface area contributed by atoms with E-state index in [9.17, 15) is 0 Å². The third-order valence-electron chi connectivity index (χ3n) is 3.98. The molecule has 0 amide bonds. The Morgan fingerprint density at radius 1 is 1.05 bits per heavy atom. The van der Waals surface area contributed by atoms with Crippen molar-refractivity contribution in [1.82, 2.24) is 0 Å². The summed E-state index contributed by atoms with van der Waals surface area (Å²) in [7, 11) is 0. The fourth-order valence-electron chi connectivity index (χ4n) is 2.62. The van der Waals surface area contributed by atoms with Gasteiger partial charge in [-0.1, -0.05) is 65.7 Å². The van der Waals surface area contributed by atoms with Crippen LogP contribution in [0, 0.1) is 6.92 Å². The van der Waals surface area contributed by atoms with Crippen LogP contribution >= 0.6 is 15.9 Å². The molecule has 0 aliphatic carbocycles. The van der Waals surface area contributed by atoms with Crippen molar-refractivity contribution in [2.24, 2.45) is 0 Å². The fraction of sp³-hybridized carbons (Fsp3) is 0.333. The van der Waals surface area contributed by atoms with Crippen LogP contribution in [-0.2, 0) is 5.41 Å². The fourth-order valence-corrected chi connectivity index (χ4v) is 3.21. The number of aryl methyl sites for hydroxylation is 1. The first-order valence-electron chi connectivity index (χ1n) is 6.95. The maximum Gasteiger partial charge on any atom is 0.123 e. The van der Waals surface area contributed by atoms with Gasteiger partial charge < -0.3 is 4.74 Å². The Morgan fingerprint density at radius 2 is 1.70 bits per heavy atom. The zero-order valence-corrected chi connectivity index (χ0v) is 13.7. The molecule has 1 atom stereocenters. The zero-order chi connectivity index (χ0) is 14.3. The van der Waals surface area contributed by atoms with Crippen molar-refractivity contribution in [3.05, 3.63) is 64.7 Å². The molecule has 20 heavy (non-hydrogen) atoms. The molecule has 0 aromatic heterocycles. The van der Waals surface area contributed by atoms with E-state index in [4.69, 9.17) is 4.74 Å². The average molecular weight is 331 g/mol. The molecule has 0 saturated carbocycles. The first kappa shape index (κ1) is 13.7. The predicted octanol–water partition coefficient (Wildman–Crippen LogP) is 5.15. The van der Waals surface area contributed by atoms with E-state index < -0.39 is 0 Å². The van der Waals surface area contributed by atoms with Crippen molar-refractivity contribution in [2.75, 3.05) is 6.61 Å². The first-order valence-corrected chi connectivity index (χ1v) is 7.87. The second-order valence-electron chi connectivity index (χ2n) is 6.20. The van der Waals surface area contributed by atoms with Gasteiger partial charge in [-0.05, 0) is 30.2 Å². The van der Waals surface area contributed by atoms with Gasteiger partial charge in [0.1, 0.15) is 5.75 Å². The van der Waals surface area contributed by atoms with Crippen LogP contribution < -0.4 is 4.74 Å². The maximum atomic E-state index is 5.75. The molecular weight excluding hydrogens is 312 g/mol. The van der Waals surface area contributed by atoms with Gasteiger partial charge in [0.25, 0.3) is 0 Å². The lowest BCUT2D eigenvalue weighted by molar-refractivity contribution is 0.291. The largest absolute Gasteiger partial charge is 0.492 e. The van der Waals surface area contributed by atoms with Gasteiger partial charge in [0.05, 0.1) is 11.4 Å². The lowest BCUT2D eigenvalue weighted by atomic mass is 9.85. The lowest BCUT2D eigenvalue weighted by Crippen LogP contribution is -2.18. The minimum absolute atomic E-state index is 0.103. The molecule has 3 rings (SSSR count). The number of alkyl halides is 1. The molecule has 2 heteroatoms. The number of rotatable bonds is 2. The summed E-state index contributed by atoms with van der Waals surface area (Å²) in [6, 6.07) is 15.2. The SMILES string of the molecule is Cc1ccc(C(Br)c2ccc3c(c2)C(C)(C)CO3)cc1. The average Bonchev–Trinajstić information content (AvgIpc) is 2.74. The summed E-state index contributed by atoms with van der Waals surface area (Å²) in [5.74, 6) is 1.03. The number of hydrogen-bond acceptors (Lipinski definition) is 1. The van der Waals surface area contributed by atoms with Gasteiger partial charge in [0.2, 0.25) is 0 Å². The molecule has 0 saturated heterocycles. The number of benzene rings is 2. The third-order valence-corrected chi connectivity index (χ3v) is 5.04. The molecule has 0 radical (unpaired) electrons. The van der Waals surface area contributed by atoms with Crippen molar-refractivity contribution in [2.45, 2.75) is 31.0 Å². The molecule has 0 N–H and O–H groups in total. The number of hydrogen-bond donors (Lipinski definition) is 0. The summed E-state index contributed by atoms with van der Waals surface area (Å²) < 4.78 is 5.75. The first-order chi connectivity index (χ1) is 9.47. The summed E-state index contributed by atoms with van der Waals surface area (Å²) in [4.78, 5) is 0.227. The maximum absolute atomic E-state index is 5.75. The van der Waals surface area contributed by atoms with Crippen LogP contribution in [0.1, 0.15) is 40.9 Å². The van der Waals surface area contributed by atoms with Crippen LogP contribution in [0.15, 0.2) is 42.5 Å². The highest BCUT2D eigenvalue weighted by atomic mass is 79.9. The van der Waals surface area contributed by atoms with Gasteiger partial charge in [0, 0.05) is 11.0 Å². The van der Waals surface area contributed by atoms with E-state index in [-0.39, 0.29) is 10.2 Å². The number of ether oxygens (including phenoxy) is 1. The second-order valence-corrected chi connectivity index (χ2v) is 7.12. The molecule has 1 nitrogen and oxygen atoms in total. The Bertz CT molecular complexity index is 628. The highest BCUT2D eigenvalue weighted by molar-refractivity contribution is 9.09. The monoisotopic (exact) mass is 330 g/mol. The van der Waals surface area contributed by atoms with E-state index >= 15 is 0 Å². The van der Waals surface area contributed by atoms with Crippen molar-refractivity contribution in [1.29, 1.82) is 0 Å². The topological polar surface area (TPSA) is 9.23 Å². The highest BCUT2D eigenvalue weighted by Gasteiger charge is 2.32. The van der Waals surface area contributed by atoms with Gasteiger partial charge in [-0.15, -0.1) is 0 Å². The molecule has 1 aliphatic rings. The smallest absolute Gasteiger partial charge is 0.123 e. The van der Waals surface area contributed by atoms with E-state index in [1.54, 1.807) is 0 Å². The molecule has 0 spiro atoms. The van der Waals surface area contributed by atoms with E-state index in [1.165, 1.54) is 22.3 Å². The number of halogens is 1. The Hall–Kier alpha value is -1.28. The minimum atomic E-state index is 0.103. The third kappa shape index (κ3) is 2.37. The van der Waals surface area contributed by atoms with Gasteiger partial charge in [-0.2, -0.15) is 0 Å². The van der Waals surface area contributed by atoms with E-state index in [2.05, 4.69) is 79.2 Å². The van der Waals surface area contributed by atoms with E-state index in [0.717, 1.165) is 12.4 Å². The Balaban J connectivity index is 1.97. The molecule has 2 aromatic carbocycles. The Morgan fingerprint density at radius 3 is 2.40 bits per heavy atom. The molecule has 1 aliphatic heterocycles. The van der Waals surface area contributed by atoms with Crippen molar-refractivity contribution in [3.63, 3.8) is 0 Å². The van der Waals surface area contributed by atoms with Crippen LogP contribution in [0.4, 0.5) is 0 Å². The highest BCUT2D eigenvalue weighted by Crippen LogP contribution is 2.41. The molecule has 0 bridgehead atoms. The van der Waals surface area contributed by atoms with Crippen LogP contribution in [-0.4, -0.2) is 6.61 Å². The summed E-state index contributed by atoms with van der Waals surface area (Å²) in [6.07, 6.45) is 0. The Kier molecular flexibility index (Phi) is 3.37. The summed E-state index contributed by atoms with van der Waals surface area (Å²) in [6.45, 7) is 7.35. The van der Waals surface area contributed by atoms with Crippen molar-refractivity contribution >= 4 is 15.9 Å². The van der Waals surface area contributed by atoms with Gasteiger partial charge >= 0.3 is 0 Å². The standard InChI is InChI=1S/C18H19BrO/c1-12-4-6-13(7-5-12)17(19)14-8-9-16-15(10-14)18(2,3)11-20-16/h4-10,17H,11H2,1-3H3. The quantitative estimate of drug-likeness (QED) is 0.692. The molecule has 104 valence electrons. The summed E-state index contributed by atoms with van der Waals surface area (Å²) >= 11 is 3.82. The normalized spacial score (nSPS) is 17.4.